The quantitative estimate of drug-likeness (QED) is 0.437. The van der Waals surface area contributed by atoms with Gasteiger partial charge >= 0.3 is 0 Å². The standard InChI is InChI=1S/C18H17NO3/c20-18(8-4-7-15-5-2-1-3-6-15)14-11-16-9-12-17(13-10-16)19(21)22/h1-3,5-6,9-14H,4,7-8H2/b14-11+. The van der Waals surface area contributed by atoms with Gasteiger partial charge in [0.2, 0.25) is 0 Å². The van der Waals surface area contributed by atoms with E-state index in [-0.39, 0.29) is 11.5 Å². The van der Waals surface area contributed by atoms with Gasteiger partial charge in [-0.1, -0.05) is 36.4 Å². The number of hydrogen-bond acceptors (Lipinski definition) is 3. The molecule has 0 N–H and O–H groups in total. The summed E-state index contributed by atoms with van der Waals surface area (Å²) in [5.41, 5.74) is 2.06. The topological polar surface area (TPSA) is 60.2 Å². The fraction of sp³-hybridized carbons (Fsp3) is 0.167. The SMILES string of the molecule is O=C(/C=C/c1ccc([N+](=O)[O-])cc1)CCCc1ccccc1. The molecule has 2 aromatic carbocycles. The second-order valence-corrected chi connectivity index (χ2v) is 4.99. The lowest BCUT2D eigenvalue weighted by Crippen LogP contribution is -1.94. The summed E-state index contributed by atoms with van der Waals surface area (Å²) in [7, 11) is 0. The van der Waals surface area contributed by atoms with E-state index in [1.165, 1.54) is 23.8 Å². The number of aryl methyl sites for hydroxylation is 1. The summed E-state index contributed by atoms with van der Waals surface area (Å²) in [6.45, 7) is 0. The summed E-state index contributed by atoms with van der Waals surface area (Å²) in [4.78, 5) is 21.9. The second-order valence-electron chi connectivity index (χ2n) is 4.99. The van der Waals surface area contributed by atoms with Crippen LogP contribution in [0, 0.1) is 10.1 Å². The van der Waals surface area contributed by atoms with E-state index in [0.29, 0.717) is 6.42 Å². The van der Waals surface area contributed by atoms with E-state index >= 15 is 0 Å². The molecule has 0 radical (unpaired) electrons. The van der Waals surface area contributed by atoms with Crippen molar-refractivity contribution >= 4 is 17.5 Å². The van der Waals surface area contributed by atoms with Gasteiger partial charge in [-0.25, -0.2) is 0 Å². The van der Waals surface area contributed by atoms with E-state index in [2.05, 4.69) is 12.1 Å². The number of benzene rings is 2. The molecule has 0 fully saturated rings. The van der Waals surface area contributed by atoms with Crippen LogP contribution in [0.4, 0.5) is 5.69 Å². The number of nitro groups is 1. The Balaban J connectivity index is 1.80. The Labute approximate surface area is 129 Å². The molecular formula is C18H17NO3. The van der Waals surface area contributed by atoms with Crippen molar-refractivity contribution < 1.29 is 9.72 Å². The third-order valence-corrected chi connectivity index (χ3v) is 3.30. The molecule has 0 amide bonds. The summed E-state index contributed by atoms with van der Waals surface area (Å²) in [6, 6.07) is 16.2. The number of allylic oxidation sites excluding steroid dienone is 1. The maximum absolute atomic E-state index is 11.8. The first-order chi connectivity index (χ1) is 10.6. The third-order valence-electron chi connectivity index (χ3n) is 3.30. The zero-order chi connectivity index (χ0) is 15.8. The molecule has 22 heavy (non-hydrogen) atoms. The van der Waals surface area contributed by atoms with Crippen LogP contribution >= 0.6 is 0 Å². The van der Waals surface area contributed by atoms with Crippen LogP contribution < -0.4 is 0 Å². The number of ketones is 1. The number of carbonyl (C=O) groups excluding carboxylic acids is 1. The van der Waals surface area contributed by atoms with Crippen LogP contribution in [0.2, 0.25) is 0 Å². The van der Waals surface area contributed by atoms with Gasteiger partial charge in [-0.3, -0.25) is 14.9 Å². The Morgan fingerprint density at radius 3 is 2.36 bits per heavy atom. The molecule has 2 aromatic rings. The molecule has 0 unspecified atom stereocenters. The molecule has 2 rings (SSSR count). The van der Waals surface area contributed by atoms with Crippen molar-refractivity contribution in [2.45, 2.75) is 19.3 Å². The molecule has 0 atom stereocenters. The average Bonchev–Trinajstić information content (AvgIpc) is 2.54. The largest absolute Gasteiger partial charge is 0.295 e. The lowest BCUT2D eigenvalue weighted by molar-refractivity contribution is -0.384. The fourth-order valence-electron chi connectivity index (χ4n) is 2.09. The lowest BCUT2D eigenvalue weighted by Gasteiger charge is -1.99. The highest BCUT2D eigenvalue weighted by atomic mass is 16.6. The van der Waals surface area contributed by atoms with Crippen molar-refractivity contribution in [3.8, 4) is 0 Å². The van der Waals surface area contributed by atoms with Crippen molar-refractivity contribution in [2.24, 2.45) is 0 Å². The minimum atomic E-state index is -0.442. The molecule has 0 heterocycles. The highest BCUT2D eigenvalue weighted by Crippen LogP contribution is 2.13. The molecule has 0 saturated heterocycles. The Kier molecular flexibility index (Phi) is 5.60. The Bertz CT molecular complexity index is 660. The smallest absolute Gasteiger partial charge is 0.269 e. The summed E-state index contributed by atoms with van der Waals surface area (Å²) < 4.78 is 0. The van der Waals surface area contributed by atoms with Gasteiger partial charge < -0.3 is 0 Å². The average molecular weight is 295 g/mol. The molecule has 4 heteroatoms. The zero-order valence-corrected chi connectivity index (χ0v) is 12.1. The fourth-order valence-corrected chi connectivity index (χ4v) is 2.09. The molecule has 4 nitrogen and oxygen atoms in total. The molecule has 0 spiro atoms. The second kappa shape index (κ2) is 7.88. The molecule has 0 aliphatic rings. The van der Waals surface area contributed by atoms with Crippen LogP contribution in [-0.4, -0.2) is 10.7 Å². The van der Waals surface area contributed by atoms with Crippen LogP contribution in [0.1, 0.15) is 24.0 Å². The first-order valence-electron chi connectivity index (χ1n) is 7.14. The number of nitrogens with zero attached hydrogens (tertiary/aromatic N) is 1. The molecule has 112 valence electrons. The van der Waals surface area contributed by atoms with Gasteiger partial charge in [0.05, 0.1) is 4.92 Å². The van der Waals surface area contributed by atoms with Crippen LogP contribution in [0.25, 0.3) is 6.08 Å². The summed E-state index contributed by atoms with van der Waals surface area (Å²) in [5.74, 6) is 0.0642. The van der Waals surface area contributed by atoms with Crippen LogP contribution in [0.5, 0.6) is 0 Å². The van der Waals surface area contributed by atoms with Crippen molar-refractivity contribution in [1.82, 2.24) is 0 Å². The van der Waals surface area contributed by atoms with Gasteiger partial charge in [-0.15, -0.1) is 0 Å². The highest BCUT2D eigenvalue weighted by molar-refractivity contribution is 5.93. The molecule has 0 aliphatic heterocycles. The third kappa shape index (κ3) is 4.98. The maximum atomic E-state index is 11.8. The molecule has 0 saturated carbocycles. The van der Waals surface area contributed by atoms with E-state index in [0.717, 1.165) is 18.4 Å². The highest BCUT2D eigenvalue weighted by Gasteiger charge is 2.03. The summed E-state index contributed by atoms with van der Waals surface area (Å²) >= 11 is 0. The van der Waals surface area contributed by atoms with Gasteiger partial charge in [0, 0.05) is 18.6 Å². The van der Waals surface area contributed by atoms with Crippen LogP contribution in [0.3, 0.4) is 0 Å². The van der Waals surface area contributed by atoms with Gasteiger partial charge in [-0.2, -0.15) is 0 Å². The number of nitro benzene ring substituents is 1. The minimum Gasteiger partial charge on any atom is -0.295 e. The number of rotatable bonds is 7. The van der Waals surface area contributed by atoms with E-state index in [4.69, 9.17) is 0 Å². The summed E-state index contributed by atoms with van der Waals surface area (Å²) in [5, 5.41) is 10.5. The predicted octanol–water partition coefficient (Wildman–Crippen LogP) is 4.20. The normalized spacial score (nSPS) is 10.7. The number of carbonyl (C=O) groups is 1. The molecule has 0 aromatic heterocycles. The Hall–Kier alpha value is -2.75. The van der Waals surface area contributed by atoms with Crippen LogP contribution in [-0.2, 0) is 11.2 Å². The van der Waals surface area contributed by atoms with Crippen molar-refractivity contribution in [1.29, 1.82) is 0 Å². The zero-order valence-electron chi connectivity index (χ0n) is 12.1. The van der Waals surface area contributed by atoms with E-state index in [1.807, 2.05) is 18.2 Å². The van der Waals surface area contributed by atoms with Crippen LogP contribution in [0.15, 0.2) is 60.7 Å². The van der Waals surface area contributed by atoms with Gasteiger partial charge in [-0.05, 0) is 42.2 Å². The monoisotopic (exact) mass is 295 g/mol. The molecule has 0 aliphatic carbocycles. The van der Waals surface area contributed by atoms with E-state index in [1.54, 1.807) is 18.2 Å². The maximum Gasteiger partial charge on any atom is 0.269 e. The van der Waals surface area contributed by atoms with Crippen molar-refractivity contribution in [3.63, 3.8) is 0 Å². The van der Waals surface area contributed by atoms with Crippen molar-refractivity contribution in [3.05, 3.63) is 81.9 Å². The molecule has 0 bridgehead atoms. The van der Waals surface area contributed by atoms with Gasteiger partial charge in [0.15, 0.2) is 5.78 Å². The lowest BCUT2D eigenvalue weighted by atomic mass is 10.1. The van der Waals surface area contributed by atoms with E-state index in [9.17, 15) is 14.9 Å². The number of non-ortho nitro benzene ring substituents is 1. The Morgan fingerprint density at radius 2 is 1.73 bits per heavy atom. The first-order valence-corrected chi connectivity index (χ1v) is 7.14. The van der Waals surface area contributed by atoms with Gasteiger partial charge in [0.25, 0.3) is 5.69 Å². The minimum absolute atomic E-state index is 0.0475. The summed E-state index contributed by atoms with van der Waals surface area (Å²) in [6.07, 6.45) is 5.42. The Morgan fingerprint density at radius 1 is 1.05 bits per heavy atom. The van der Waals surface area contributed by atoms with Gasteiger partial charge in [0.1, 0.15) is 0 Å². The predicted molar refractivity (Wildman–Crippen MR) is 86.5 cm³/mol. The number of hydrogen-bond donors (Lipinski definition) is 0. The first kappa shape index (κ1) is 15.6. The molecular weight excluding hydrogens is 278 g/mol. The van der Waals surface area contributed by atoms with Crippen molar-refractivity contribution in [2.75, 3.05) is 0 Å². The van der Waals surface area contributed by atoms with E-state index < -0.39 is 4.92 Å².